The lowest BCUT2D eigenvalue weighted by atomic mass is 9.98. The van der Waals surface area contributed by atoms with E-state index < -0.39 is 0 Å². The van der Waals surface area contributed by atoms with Crippen molar-refractivity contribution in [3.63, 3.8) is 0 Å². The van der Waals surface area contributed by atoms with Crippen LogP contribution in [0.5, 0.6) is 0 Å². The van der Waals surface area contributed by atoms with Crippen molar-refractivity contribution >= 4 is 0 Å². The van der Waals surface area contributed by atoms with Crippen LogP contribution in [-0.4, -0.2) is 18.0 Å². The Hall–Kier alpha value is -1.86. The standard InChI is InChI=1S/C16H22N2O2/c1-4-14(10-13(2)17-3)8-9-15-6-5-7-16(11-15)12-18(19)20/h5-7,11,13-14,17H,4,10,12H2,1-3H3. The fraction of sp³-hybridized carbons (Fsp3) is 0.500. The van der Waals surface area contributed by atoms with Gasteiger partial charge < -0.3 is 5.32 Å². The highest BCUT2D eigenvalue weighted by Gasteiger charge is 2.07. The number of nitrogens with one attached hydrogen (secondary N) is 1. The maximum atomic E-state index is 10.5. The van der Waals surface area contributed by atoms with Crippen molar-refractivity contribution in [3.05, 3.63) is 45.5 Å². The van der Waals surface area contributed by atoms with Crippen molar-refractivity contribution in [2.45, 2.75) is 39.3 Å². The number of rotatable bonds is 6. The van der Waals surface area contributed by atoms with Gasteiger partial charge in [0.2, 0.25) is 6.54 Å². The van der Waals surface area contributed by atoms with Crippen LogP contribution in [0.15, 0.2) is 24.3 Å². The third-order valence-corrected chi connectivity index (χ3v) is 3.28. The Balaban J connectivity index is 2.76. The lowest BCUT2D eigenvalue weighted by molar-refractivity contribution is -0.496. The molecule has 0 aromatic heterocycles. The van der Waals surface area contributed by atoms with E-state index in [4.69, 9.17) is 0 Å². The molecule has 1 aromatic carbocycles. The number of hydrogen-bond donors (Lipinski definition) is 1. The molecule has 0 heterocycles. The van der Waals surface area contributed by atoms with Crippen molar-refractivity contribution in [2.24, 2.45) is 5.92 Å². The summed E-state index contributed by atoms with van der Waals surface area (Å²) in [6.45, 7) is 4.12. The average molecular weight is 274 g/mol. The Morgan fingerprint density at radius 2 is 2.20 bits per heavy atom. The first kappa shape index (κ1) is 16.2. The van der Waals surface area contributed by atoms with Crippen LogP contribution in [0.2, 0.25) is 0 Å². The summed E-state index contributed by atoms with van der Waals surface area (Å²) in [5.74, 6) is 6.75. The molecule has 0 spiro atoms. The third-order valence-electron chi connectivity index (χ3n) is 3.28. The van der Waals surface area contributed by atoms with Crippen LogP contribution in [0, 0.1) is 27.9 Å². The van der Waals surface area contributed by atoms with Gasteiger partial charge in [0.25, 0.3) is 0 Å². The number of nitro groups is 1. The summed E-state index contributed by atoms with van der Waals surface area (Å²) in [4.78, 5) is 10.2. The zero-order valence-corrected chi connectivity index (χ0v) is 12.3. The van der Waals surface area contributed by atoms with Crippen molar-refractivity contribution in [2.75, 3.05) is 7.05 Å². The van der Waals surface area contributed by atoms with Crippen LogP contribution >= 0.6 is 0 Å². The number of hydrogen-bond acceptors (Lipinski definition) is 3. The van der Waals surface area contributed by atoms with E-state index in [1.165, 1.54) is 0 Å². The lowest BCUT2D eigenvalue weighted by Gasteiger charge is -2.14. The highest BCUT2D eigenvalue weighted by atomic mass is 16.6. The minimum Gasteiger partial charge on any atom is -0.317 e. The van der Waals surface area contributed by atoms with Gasteiger partial charge in [-0.1, -0.05) is 30.9 Å². The minimum atomic E-state index is -0.323. The van der Waals surface area contributed by atoms with Gasteiger partial charge in [0.1, 0.15) is 0 Å². The van der Waals surface area contributed by atoms with Gasteiger partial charge in [0.05, 0.1) is 0 Å². The molecular weight excluding hydrogens is 252 g/mol. The molecule has 0 amide bonds. The van der Waals surface area contributed by atoms with Gasteiger partial charge in [-0.2, -0.15) is 0 Å². The van der Waals surface area contributed by atoms with E-state index in [9.17, 15) is 10.1 Å². The topological polar surface area (TPSA) is 55.2 Å². The van der Waals surface area contributed by atoms with Crippen molar-refractivity contribution < 1.29 is 4.92 Å². The third kappa shape index (κ3) is 5.85. The molecule has 0 fully saturated rings. The monoisotopic (exact) mass is 274 g/mol. The average Bonchev–Trinajstić information content (AvgIpc) is 2.42. The van der Waals surface area contributed by atoms with E-state index in [0.717, 1.165) is 18.4 Å². The first-order chi connectivity index (χ1) is 9.55. The molecule has 0 aliphatic heterocycles. The van der Waals surface area contributed by atoms with E-state index in [-0.39, 0.29) is 11.5 Å². The summed E-state index contributed by atoms with van der Waals surface area (Å²) in [7, 11) is 1.95. The first-order valence-electron chi connectivity index (χ1n) is 6.94. The molecule has 108 valence electrons. The van der Waals surface area contributed by atoms with Crippen molar-refractivity contribution in [3.8, 4) is 11.8 Å². The summed E-state index contributed by atoms with van der Waals surface area (Å²) in [6, 6.07) is 7.71. The van der Waals surface area contributed by atoms with Gasteiger partial charge in [0.15, 0.2) is 0 Å². The Bertz CT molecular complexity index is 503. The Kier molecular flexibility index (Phi) is 6.75. The molecule has 1 rings (SSSR count). The van der Waals surface area contributed by atoms with E-state index in [2.05, 4.69) is 31.0 Å². The molecule has 1 aromatic rings. The molecular formula is C16H22N2O2. The van der Waals surface area contributed by atoms with Gasteiger partial charge in [-0.25, -0.2) is 0 Å². The number of nitrogens with zero attached hydrogens (tertiary/aromatic N) is 1. The smallest absolute Gasteiger partial charge is 0.228 e. The summed E-state index contributed by atoms with van der Waals surface area (Å²) >= 11 is 0. The molecule has 0 saturated carbocycles. The predicted molar refractivity (Wildman–Crippen MR) is 80.9 cm³/mol. The highest BCUT2D eigenvalue weighted by Crippen LogP contribution is 2.11. The summed E-state index contributed by atoms with van der Waals surface area (Å²) < 4.78 is 0. The second-order valence-corrected chi connectivity index (χ2v) is 4.99. The maximum absolute atomic E-state index is 10.5. The molecule has 0 aliphatic rings. The van der Waals surface area contributed by atoms with Crippen LogP contribution in [0.3, 0.4) is 0 Å². The van der Waals surface area contributed by atoms with Crippen molar-refractivity contribution in [1.82, 2.24) is 5.32 Å². The van der Waals surface area contributed by atoms with Crippen LogP contribution in [-0.2, 0) is 6.54 Å². The van der Waals surface area contributed by atoms with E-state index in [1.54, 1.807) is 12.1 Å². The fourth-order valence-electron chi connectivity index (χ4n) is 1.95. The SMILES string of the molecule is CCC(C#Cc1cccc(C[N+](=O)[O-])c1)CC(C)NC. The Labute approximate surface area is 120 Å². The van der Waals surface area contributed by atoms with Gasteiger partial charge in [-0.3, -0.25) is 10.1 Å². The normalized spacial score (nSPS) is 13.2. The minimum absolute atomic E-state index is 0.149. The summed E-state index contributed by atoms with van der Waals surface area (Å²) in [5.41, 5.74) is 1.54. The molecule has 20 heavy (non-hydrogen) atoms. The second kappa shape index (κ2) is 8.34. The lowest BCUT2D eigenvalue weighted by Crippen LogP contribution is -2.23. The zero-order chi connectivity index (χ0) is 15.0. The Morgan fingerprint density at radius 1 is 1.45 bits per heavy atom. The molecule has 0 radical (unpaired) electrons. The Morgan fingerprint density at radius 3 is 2.80 bits per heavy atom. The fourth-order valence-corrected chi connectivity index (χ4v) is 1.95. The molecule has 0 aliphatic carbocycles. The summed E-state index contributed by atoms with van der Waals surface area (Å²) in [6.07, 6.45) is 2.02. The van der Waals surface area contributed by atoms with Gasteiger partial charge >= 0.3 is 0 Å². The molecule has 0 saturated heterocycles. The van der Waals surface area contributed by atoms with Crippen LogP contribution in [0.1, 0.15) is 37.8 Å². The molecule has 0 bridgehead atoms. The molecule has 4 nitrogen and oxygen atoms in total. The van der Waals surface area contributed by atoms with E-state index in [0.29, 0.717) is 17.5 Å². The quantitative estimate of drug-likeness (QED) is 0.493. The highest BCUT2D eigenvalue weighted by molar-refractivity contribution is 5.37. The van der Waals surface area contributed by atoms with Gasteiger partial charge in [-0.05, 0) is 38.9 Å². The second-order valence-electron chi connectivity index (χ2n) is 4.99. The zero-order valence-electron chi connectivity index (χ0n) is 12.3. The van der Waals surface area contributed by atoms with Crippen LogP contribution in [0.4, 0.5) is 0 Å². The van der Waals surface area contributed by atoms with Crippen LogP contribution in [0.25, 0.3) is 0 Å². The molecule has 2 unspecified atom stereocenters. The number of benzene rings is 1. The van der Waals surface area contributed by atoms with Crippen molar-refractivity contribution in [1.29, 1.82) is 0 Å². The van der Waals surface area contributed by atoms with E-state index in [1.807, 2.05) is 19.2 Å². The van der Waals surface area contributed by atoms with Crippen LogP contribution < -0.4 is 5.32 Å². The maximum Gasteiger partial charge on any atom is 0.228 e. The molecule has 4 heteroatoms. The largest absolute Gasteiger partial charge is 0.317 e. The predicted octanol–water partition coefficient (Wildman–Crippen LogP) is 2.84. The molecule has 1 N–H and O–H groups in total. The van der Waals surface area contributed by atoms with Gasteiger partial charge in [0, 0.05) is 28.0 Å². The molecule has 2 atom stereocenters. The summed E-state index contributed by atoms with van der Waals surface area (Å²) in [5, 5.41) is 13.7. The van der Waals surface area contributed by atoms with E-state index >= 15 is 0 Å². The van der Waals surface area contributed by atoms with Gasteiger partial charge in [-0.15, -0.1) is 0 Å². The first-order valence-corrected chi connectivity index (χ1v) is 6.94.